The topological polar surface area (TPSA) is 24.5 Å². The number of nitrogens with zero attached hydrogens (tertiary/aromatic N) is 1. The van der Waals surface area contributed by atoms with E-state index in [9.17, 15) is 0 Å². The van der Waals surface area contributed by atoms with Crippen molar-refractivity contribution in [2.24, 2.45) is 0 Å². The van der Waals surface area contributed by atoms with Crippen LogP contribution in [0, 0.1) is 0 Å². The predicted molar refractivity (Wildman–Crippen MR) is 65.6 cm³/mol. The first-order valence-corrected chi connectivity index (χ1v) is 7.22. The Kier molecular flexibility index (Phi) is 4.31. The van der Waals surface area contributed by atoms with E-state index in [0.717, 1.165) is 31.6 Å². The fraction of sp³-hybridized carbons (Fsp3) is 1.00. The molecule has 0 radical (unpaired) electrons. The molecule has 2 aliphatic rings. The lowest BCUT2D eigenvalue weighted by atomic mass is 10.1. The average Bonchev–Trinajstić information content (AvgIpc) is 2.76. The summed E-state index contributed by atoms with van der Waals surface area (Å²) in [4.78, 5) is 2.67. The number of rotatable bonds is 3. The fourth-order valence-corrected chi connectivity index (χ4v) is 3.52. The zero-order valence-corrected chi connectivity index (χ0v) is 10.6. The molecule has 0 aliphatic carbocycles. The van der Waals surface area contributed by atoms with Gasteiger partial charge in [0, 0.05) is 37.0 Å². The van der Waals surface area contributed by atoms with E-state index in [4.69, 9.17) is 4.74 Å². The molecule has 2 heterocycles. The Morgan fingerprint density at radius 2 is 2.33 bits per heavy atom. The summed E-state index contributed by atoms with van der Waals surface area (Å²) in [6, 6.07) is 1.35. The van der Waals surface area contributed by atoms with E-state index in [1.165, 1.54) is 13.0 Å². The highest BCUT2D eigenvalue weighted by Gasteiger charge is 2.35. The smallest absolute Gasteiger partial charge is 0.0622 e. The molecule has 0 amide bonds. The summed E-state index contributed by atoms with van der Waals surface area (Å²) in [5.74, 6) is 0. The molecule has 2 aliphatic heterocycles. The summed E-state index contributed by atoms with van der Waals surface area (Å²) >= 11 is 2.00. The Hall–Kier alpha value is 0.230. The lowest BCUT2D eigenvalue weighted by molar-refractivity contribution is -0.0252. The molecule has 0 bridgehead atoms. The molecule has 0 aromatic carbocycles. The SMILES string of the molecule is CCC1COCCN1C1CNCC1SC. The van der Waals surface area contributed by atoms with Gasteiger partial charge in [-0.1, -0.05) is 6.92 Å². The van der Waals surface area contributed by atoms with Crippen molar-refractivity contribution in [2.75, 3.05) is 39.1 Å². The van der Waals surface area contributed by atoms with E-state index in [-0.39, 0.29) is 0 Å². The van der Waals surface area contributed by atoms with Crippen LogP contribution in [0.15, 0.2) is 0 Å². The van der Waals surface area contributed by atoms with Crippen molar-refractivity contribution in [3.63, 3.8) is 0 Å². The Morgan fingerprint density at radius 3 is 3.07 bits per heavy atom. The van der Waals surface area contributed by atoms with Crippen molar-refractivity contribution in [1.29, 1.82) is 0 Å². The summed E-state index contributed by atoms with van der Waals surface area (Å²) in [6.45, 7) is 7.54. The molecule has 88 valence electrons. The van der Waals surface area contributed by atoms with E-state index in [2.05, 4.69) is 23.4 Å². The molecule has 2 saturated heterocycles. The molecule has 3 unspecified atom stereocenters. The third-order valence-corrected chi connectivity index (χ3v) is 4.69. The molecule has 2 rings (SSSR count). The molecule has 1 N–H and O–H groups in total. The van der Waals surface area contributed by atoms with E-state index in [1.54, 1.807) is 0 Å². The number of hydrogen-bond acceptors (Lipinski definition) is 4. The van der Waals surface area contributed by atoms with Crippen LogP contribution in [0.4, 0.5) is 0 Å². The molecule has 2 fully saturated rings. The summed E-state index contributed by atoms with van der Waals surface area (Å²) in [7, 11) is 0. The maximum absolute atomic E-state index is 5.56. The van der Waals surface area contributed by atoms with Crippen molar-refractivity contribution in [3.05, 3.63) is 0 Å². The minimum Gasteiger partial charge on any atom is -0.378 e. The first kappa shape index (κ1) is 11.7. The van der Waals surface area contributed by atoms with E-state index < -0.39 is 0 Å². The van der Waals surface area contributed by atoms with Crippen LogP contribution in [-0.2, 0) is 4.74 Å². The van der Waals surface area contributed by atoms with Crippen molar-refractivity contribution >= 4 is 11.8 Å². The largest absolute Gasteiger partial charge is 0.378 e. The van der Waals surface area contributed by atoms with Crippen LogP contribution >= 0.6 is 11.8 Å². The first-order chi connectivity index (χ1) is 7.36. The van der Waals surface area contributed by atoms with Gasteiger partial charge < -0.3 is 10.1 Å². The minimum atomic E-state index is 0.637. The van der Waals surface area contributed by atoms with Crippen LogP contribution in [0.3, 0.4) is 0 Å². The fourth-order valence-electron chi connectivity index (χ4n) is 2.67. The number of nitrogens with one attached hydrogen (secondary N) is 1. The molecule has 3 atom stereocenters. The van der Waals surface area contributed by atoms with Crippen LogP contribution in [0.1, 0.15) is 13.3 Å². The number of thioether (sulfide) groups is 1. The van der Waals surface area contributed by atoms with Crippen molar-refractivity contribution in [1.82, 2.24) is 10.2 Å². The molecule has 15 heavy (non-hydrogen) atoms. The van der Waals surface area contributed by atoms with Crippen LogP contribution in [0.5, 0.6) is 0 Å². The van der Waals surface area contributed by atoms with Gasteiger partial charge in [0.25, 0.3) is 0 Å². The molecule has 0 saturated carbocycles. The molecule has 0 aromatic rings. The zero-order valence-electron chi connectivity index (χ0n) is 9.74. The molecular weight excluding hydrogens is 208 g/mol. The maximum atomic E-state index is 5.56. The van der Waals surface area contributed by atoms with Gasteiger partial charge in [-0.3, -0.25) is 4.90 Å². The summed E-state index contributed by atoms with van der Waals surface area (Å²) in [6.07, 6.45) is 3.43. The average molecular weight is 230 g/mol. The van der Waals surface area contributed by atoms with Crippen LogP contribution < -0.4 is 5.32 Å². The molecule has 0 spiro atoms. The number of morpholine rings is 1. The Morgan fingerprint density at radius 1 is 1.47 bits per heavy atom. The van der Waals surface area contributed by atoms with Gasteiger partial charge in [0.1, 0.15) is 0 Å². The molecular formula is C11H22N2OS. The molecule has 4 heteroatoms. The van der Waals surface area contributed by atoms with Gasteiger partial charge in [-0.05, 0) is 12.7 Å². The second-order valence-corrected chi connectivity index (χ2v) is 5.45. The van der Waals surface area contributed by atoms with Crippen molar-refractivity contribution in [3.8, 4) is 0 Å². The second kappa shape index (κ2) is 5.53. The lowest BCUT2D eigenvalue weighted by Gasteiger charge is -2.40. The highest BCUT2D eigenvalue weighted by molar-refractivity contribution is 7.99. The molecule has 3 nitrogen and oxygen atoms in total. The Balaban J connectivity index is 1.99. The highest BCUT2D eigenvalue weighted by Crippen LogP contribution is 2.24. The summed E-state index contributed by atoms with van der Waals surface area (Å²) in [5.41, 5.74) is 0. The first-order valence-electron chi connectivity index (χ1n) is 5.93. The lowest BCUT2D eigenvalue weighted by Crippen LogP contribution is -2.53. The van der Waals surface area contributed by atoms with Crippen LogP contribution in [0.25, 0.3) is 0 Å². The third kappa shape index (κ3) is 2.49. The van der Waals surface area contributed by atoms with Crippen molar-refractivity contribution < 1.29 is 4.74 Å². The van der Waals surface area contributed by atoms with E-state index in [1.807, 2.05) is 11.8 Å². The summed E-state index contributed by atoms with van der Waals surface area (Å²) < 4.78 is 5.56. The zero-order chi connectivity index (χ0) is 10.7. The third-order valence-electron chi connectivity index (χ3n) is 3.60. The monoisotopic (exact) mass is 230 g/mol. The van der Waals surface area contributed by atoms with Crippen LogP contribution in [-0.4, -0.2) is 61.3 Å². The summed E-state index contributed by atoms with van der Waals surface area (Å²) in [5, 5.41) is 4.27. The highest BCUT2D eigenvalue weighted by atomic mass is 32.2. The van der Waals surface area contributed by atoms with Gasteiger partial charge in [0.05, 0.1) is 13.2 Å². The van der Waals surface area contributed by atoms with E-state index in [0.29, 0.717) is 12.1 Å². The molecule has 0 aromatic heterocycles. The van der Waals surface area contributed by atoms with Crippen molar-refractivity contribution in [2.45, 2.75) is 30.7 Å². The van der Waals surface area contributed by atoms with Gasteiger partial charge >= 0.3 is 0 Å². The second-order valence-electron chi connectivity index (χ2n) is 4.37. The van der Waals surface area contributed by atoms with Gasteiger partial charge in [0.2, 0.25) is 0 Å². The maximum Gasteiger partial charge on any atom is 0.0622 e. The number of hydrogen-bond donors (Lipinski definition) is 1. The van der Waals surface area contributed by atoms with Gasteiger partial charge in [-0.15, -0.1) is 0 Å². The quantitative estimate of drug-likeness (QED) is 0.775. The van der Waals surface area contributed by atoms with Gasteiger partial charge in [-0.25, -0.2) is 0 Å². The van der Waals surface area contributed by atoms with Gasteiger partial charge in [0.15, 0.2) is 0 Å². The Bertz CT molecular complexity index is 203. The van der Waals surface area contributed by atoms with Crippen LogP contribution in [0.2, 0.25) is 0 Å². The Labute approximate surface area is 96.9 Å². The normalized spacial score (nSPS) is 38.4. The predicted octanol–water partition coefficient (Wildman–Crippen LogP) is 0.801. The van der Waals surface area contributed by atoms with Gasteiger partial charge in [-0.2, -0.15) is 11.8 Å². The minimum absolute atomic E-state index is 0.637. The standard InChI is InChI=1S/C11H22N2OS/c1-3-9-8-14-5-4-13(9)10-6-12-7-11(10)15-2/h9-12H,3-8H2,1-2H3. The van der Waals surface area contributed by atoms with E-state index >= 15 is 0 Å². The number of ether oxygens (including phenoxy) is 1.